The smallest absolute Gasteiger partial charge is 0.478 e. The quantitative estimate of drug-likeness (QED) is 0.123. The zero-order valence-corrected chi connectivity index (χ0v) is 27.9. The van der Waals surface area contributed by atoms with Gasteiger partial charge >= 0.3 is 35.6 Å². The van der Waals surface area contributed by atoms with Crippen molar-refractivity contribution in [3.05, 3.63) is 29.8 Å². The first-order chi connectivity index (χ1) is 20.2. The molecule has 15 heteroatoms. The summed E-state index contributed by atoms with van der Waals surface area (Å²) >= 11 is 0. The summed E-state index contributed by atoms with van der Waals surface area (Å²) in [6.07, 6.45) is 0.975. The van der Waals surface area contributed by atoms with Crippen molar-refractivity contribution in [1.29, 1.82) is 0 Å². The summed E-state index contributed by atoms with van der Waals surface area (Å²) in [6.45, 7) is 14.3. The van der Waals surface area contributed by atoms with Gasteiger partial charge in [0.25, 0.3) is 0 Å². The fourth-order valence-corrected chi connectivity index (χ4v) is 9.49. The van der Waals surface area contributed by atoms with Crippen LogP contribution in [0.15, 0.2) is 24.3 Å². The predicted molar refractivity (Wildman–Crippen MR) is 163 cm³/mol. The Bertz CT molecular complexity index is 876. The standard InChI is InChI=1S/C27H49N3O10Si2/c1-7-35-41(36-8-2,37-9-3)20-14-18-28-26(33)30(24-17-13-16-23(22-24)25(31)32)27(34)29-19-15-21-42(38-10-4,39-11-5)40-12-6/h13,16-17,22H,7-12,14-15,18-21H2,1-6H3,(H,28,33)(H,29,34)(H,31,32). The third-order valence-electron chi connectivity index (χ3n) is 5.81. The van der Waals surface area contributed by atoms with Gasteiger partial charge in [0.15, 0.2) is 0 Å². The second kappa shape index (κ2) is 20.5. The van der Waals surface area contributed by atoms with E-state index in [0.29, 0.717) is 64.6 Å². The van der Waals surface area contributed by atoms with Gasteiger partial charge in [0, 0.05) is 64.8 Å². The van der Waals surface area contributed by atoms with Crippen molar-refractivity contribution in [3.8, 4) is 0 Å². The molecule has 0 aromatic heterocycles. The molecule has 0 spiro atoms. The number of carbonyl (C=O) groups excluding carboxylic acids is 2. The highest BCUT2D eigenvalue weighted by molar-refractivity contribution is 6.61. The van der Waals surface area contributed by atoms with Crippen LogP contribution in [0.1, 0.15) is 64.7 Å². The Labute approximate surface area is 251 Å². The average molecular weight is 632 g/mol. The summed E-state index contributed by atoms with van der Waals surface area (Å²) in [7, 11) is -5.79. The highest BCUT2D eigenvalue weighted by atomic mass is 28.4. The number of benzene rings is 1. The SMILES string of the molecule is CCO[Si](CCCNC(=O)N(C(=O)NCCC[Si](OCC)(OCC)OCC)c1cccc(C(=O)O)c1)(OCC)OCC. The highest BCUT2D eigenvalue weighted by Crippen LogP contribution is 2.20. The molecule has 3 N–H and O–H groups in total. The lowest BCUT2D eigenvalue weighted by Crippen LogP contribution is -2.50. The van der Waals surface area contributed by atoms with Crippen molar-refractivity contribution in [3.63, 3.8) is 0 Å². The van der Waals surface area contributed by atoms with Crippen LogP contribution in [-0.2, 0) is 26.6 Å². The van der Waals surface area contributed by atoms with Gasteiger partial charge in [0.05, 0.1) is 11.3 Å². The molecule has 13 nitrogen and oxygen atoms in total. The summed E-state index contributed by atoms with van der Waals surface area (Å²) < 4.78 is 35.2. The largest absolute Gasteiger partial charge is 0.500 e. The first kappa shape index (κ1) is 37.6. The van der Waals surface area contributed by atoms with Gasteiger partial charge in [0.2, 0.25) is 0 Å². The molecule has 0 aliphatic rings. The molecular formula is C27H49N3O10Si2. The van der Waals surface area contributed by atoms with Crippen LogP contribution >= 0.6 is 0 Å². The summed E-state index contributed by atoms with van der Waals surface area (Å²) in [5.74, 6) is -1.18. The Morgan fingerprint density at radius 2 is 1.07 bits per heavy atom. The topological polar surface area (TPSA) is 154 Å². The second-order valence-electron chi connectivity index (χ2n) is 8.83. The van der Waals surface area contributed by atoms with E-state index in [1.165, 1.54) is 24.3 Å². The van der Waals surface area contributed by atoms with E-state index in [0.717, 1.165) is 4.90 Å². The third-order valence-corrected chi connectivity index (χ3v) is 12.1. The van der Waals surface area contributed by atoms with E-state index in [2.05, 4.69) is 10.6 Å². The van der Waals surface area contributed by atoms with Crippen molar-refractivity contribution in [2.45, 2.75) is 66.5 Å². The minimum Gasteiger partial charge on any atom is -0.478 e. The predicted octanol–water partition coefficient (Wildman–Crippen LogP) is 4.49. The lowest BCUT2D eigenvalue weighted by molar-refractivity contribution is 0.0690. The molecule has 0 heterocycles. The van der Waals surface area contributed by atoms with E-state index in [-0.39, 0.29) is 24.3 Å². The number of rotatable bonds is 22. The summed E-state index contributed by atoms with van der Waals surface area (Å²) in [6, 6.07) is 5.20. The van der Waals surface area contributed by atoms with Gasteiger partial charge in [-0.25, -0.2) is 19.3 Å². The molecule has 0 saturated carbocycles. The summed E-state index contributed by atoms with van der Waals surface area (Å²) in [4.78, 5) is 39.0. The van der Waals surface area contributed by atoms with E-state index in [4.69, 9.17) is 26.6 Å². The van der Waals surface area contributed by atoms with Crippen molar-refractivity contribution < 1.29 is 46.0 Å². The van der Waals surface area contributed by atoms with E-state index in [1.807, 2.05) is 41.5 Å². The van der Waals surface area contributed by atoms with Crippen molar-refractivity contribution in [2.24, 2.45) is 0 Å². The Morgan fingerprint density at radius 3 is 1.40 bits per heavy atom. The first-order valence-electron chi connectivity index (χ1n) is 14.7. The lowest BCUT2D eigenvalue weighted by Gasteiger charge is -2.29. The van der Waals surface area contributed by atoms with Gasteiger partial charge in [-0.2, -0.15) is 0 Å². The maximum absolute atomic E-state index is 13.3. The summed E-state index contributed by atoms with van der Waals surface area (Å²) in [5.41, 5.74) is 0.0631. The molecule has 42 heavy (non-hydrogen) atoms. The Balaban J connectivity index is 2.98. The average Bonchev–Trinajstić information content (AvgIpc) is 2.95. The lowest BCUT2D eigenvalue weighted by atomic mass is 10.2. The van der Waals surface area contributed by atoms with Crippen LogP contribution in [0.2, 0.25) is 12.1 Å². The summed E-state index contributed by atoms with van der Waals surface area (Å²) in [5, 5.41) is 15.0. The maximum atomic E-state index is 13.3. The van der Waals surface area contributed by atoms with Gasteiger partial charge in [0.1, 0.15) is 0 Å². The molecule has 0 bridgehead atoms. The van der Waals surface area contributed by atoms with Gasteiger partial charge in [-0.15, -0.1) is 0 Å². The molecule has 0 aliphatic heterocycles. The minimum atomic E-state index is -2.89. The fourth-order valence-electron chi connectivity index (χ4n) is 4.27. The van der Waals surface area contributed by atoms with E-state index in [9.17, 15) is 19.5 Å². The van der Waals surface area contributed by atoms with Crippen LogP contribution in [0.5, 0.6) is 0 Å². The molecule has 240 valence electrons. The Hall–Kier alpha value is -2.38. The molecule has 0 aliphatic carbocycles. The molecule has 0 atom stereocenters. The van der Waals surface area contributed by atoms with Crippen LogP contribution in [-0.4, -0.2) is 93.5 Å². The number of anilines is 1. The number of imide groups is 1. The van der Waals surface area contributed by atoms with Gasteiger partial charge in [-0.3, -0.25) is 0 Å². The van der Waals surface area contributed by atoms with E-state index >= 15 is 0 Å². The Morgan fingerprint density at radius 1 is 0.690 bits per heavy atom. The number of carbonyl (C=O) groups is 3. The highest BCUT2D eigenvalue weighted by Gasteiger charge is 2.40. The second-order valence-corrected chi connectivity index (χ2v) is 14.3. The molecule has 0 fully saturated rings. The van der Waals surface area contributed by atoms with Gasteiger partial charge < -0.3 is 42.3 Å². The molecule has 0 saturated heterocycles. The molecule has 0 radical (unpaired) electrons. The van der Waals surface area contributed by atoms with Crippen LogP contribution in [0.3, 0.4) is 0 Å². The number of urea groups is 2. The molecule has 0 unspecified atom stereocenters. The minimum absolute atomic E-state index is 0.0556. The van der Waals surface area contributed by atoms with Crippen molar-refractivity contribution in [2.75, 3.05) is 57.6 Å². The zero-order chi connectivity index (χ0) is 31.4. The number of hydrogen-bond donors (Lipinski definition) is 3. The monoisotopic (exact) mass is 631 g/mol. The van der Waals surface area contributed by atoms with Crippen molar-refractivity contribution >= 4 is 41.3 Å². The Kier molecular flexibility index (Phi) is 18.4. The number of carboxylic acids is 1. The molecule has 1 aromatic carbocycles. The number of carboxylic acid groups (broad SMARTS) is 1. The molecule has 1 aromatic rings. The molecule has 4 amide bonds. The van der Waals surface area contributed by atoms with Crippen LogP contribution in [0.25, 0.3) is 0 Å². The number of nitrogens with zero attached hydrogens (tertiary/aromatic N) is 1. The van der Waals surface area contributed by atoms with E-state index < -0.39 is 35.6 Å². The van der Waals surface area contributed by atoms with E-state index in [1.54, 1.807) is 0 Å². The van der Waals surface area contributed by atoms with Crippen molar-refractivity contribution in [1.82, 2.24) is 10.6 Å². The number of hydrogen-bond acceptors (Lipinski definition) is 9. The molecular weight excluding hydrogens is 582 g/mol. The van der Waals surface area contributed by atoms with Gasteiger partial charge in [-0.05, 0) is 72.6 Å². The number of aromatic carboxylic acids is 1. The van der Waals surface area contributed by atoms with Crippen LogP contribution in [0, 0.1) is 0 Å². The maximum Gasteiger partial charge on any atom is 0.500 e. The third kappa shape index (κ3) is 12.5. The van der Waals surface area contributed by atoms with Crippen LogP contribution < -0.4 is 15.5 Å². The fraction of sp³-hybridized carbons (Fsp3) is 0.667. The number of amides is 4. The number of nitrogens with one attached hydrogen (secondary N) is 2. The first-order valence-corrected chi connectivity index (χ1v) is 18.6. The normalized spacial score (nSPS) is 11.8. The van der Waals surface area contributed by atoms with Crippen LogP contribution in [0.4, 0.5) is 15.3 Å². The van der Waals surface area contributed by atoms with Gasteiger partial charge in [-0.1, -0.05) is 6.07 Å². The molecule has 1 rings (SSSR count). The zero-order valence-electron chi connectivity index (χ0n) is 25.9.